The van der Waals surface area contributed by atoms with E-state index < -0.39 is 5.41 Å². The van der Waals surface area contributed by atoms with Crippen LogP contribution in [-0.4, -0.2) is 32.2 Å². The van der Waals surface area contributed by atoms with Crippen LogP contribution in [0, 0.1) is 5.41 Å². The first-order valence-electron chi connectivity index (χ1n) is 8.42. The molecular formula is C18H26BrClN2O2. The summed E-state index contributed by atoms with van der Waals surface area (Å²) in [6.45, 7) is 2.36. The van der Waals surface area contributed by atoms with Crippen LogP contribution < -0.4 is 11.1 Å². The number of amides is 1. The molecule has 1 aliphatic carbocycles. The van der Waals surface area contributed by atoms with Gasteiger partial charge in [0.1, 0.15) is 0 Å². The van der Waals surface area contributed by atoms with E-state index in [1.165, 1.54) is 12.0 Å². The lowest BCUT2D eigenvalue weighted by Crippen LogP contribution is -2.53. The highest BCUT2D eigenvalue weighted by molar-refractivity contribution is 9.10. The van der Waals surface area contributed by atoms with E-state index in [-0.39, 0.29) is 23.7 Å². The Balaban J connectivity index is 0.00000208. The standard InChI is InChI=1S/C18H25BrN2O2.ClH/c19-15-4-2-14(3-5-15)18(6-1-7-18)13-21-16(22)17(12-20)8-10-23-11-9-17;/h2-5H,1,6-13,20H2,(H,21,22);1H. The molecule has 1 heterocycles. The Morgan fingerprint density at radius 1 is 1.17 bits per heavy atom. The van der Waals surface area contributed by atoms with E-state index >= 15 is 0 Å². The fraction of sp³-hybridized carbons (Fsp3) is 0.611. The minimum absolute atomic E-state index is 0. The molecule has 24 heavy (non-hydrogen) atoms. The predicted molar refractivity (Wildman–Crippen MR) is 101 cm³/mol. The second kappa shape index (κ2) is 8.17. The highest BCUT2D eigenvalue weighted by Crippen LogP contribution is 2.43. The summed E-state index contributed by atoms with van der Waals surface area (Å²) in [5.41, 5.74) is 6.90. The molecule has 0 bridgehead atoms. The number of nitrogens with two attached hydrogens (primary N) is 1. The van der Waals surface area contributed by atoms with Crippen LogP contribution in [0.15, 0.2) is 28.7 Å². The van der Waals surface area contributed by atoms with Crippen molar-refractivity contribution in [2.75, 3.05) is 26.3 Å². The maximum atomic E-state index is 12.8. The molecule has 3 rings (SSSR count). The van der Waals surface area contributed by atoms with Crippen molar-refractivity contribution in [2.24, 2.45) is 11.1 Å². The van der Waals surface area contributed by atoms with E-state index in [1.807, 2.05) is 0 Å². The van der Waals surface area contributed by atoms with Gasteiger partial charge in [0.05, 0.1) is 5.41 Å². The van der Waals surface area contributed by atoms with E-state index in [2.05, 4.69) is 45.5 Å². The molecule has 4 nitrogen and oxygen atoms in total. The SMILES string of the molecule is Cl.NCC1(C(=O)NCC2(c3ccc(Br)cc3)CCC2)CCOCC1. The minimum atomic E-state index is -0.442. The monoisotopic (exact) mass is 416 g/mol. The molecule has 0 atom stereocenters. The number of hydrogen-bond acceptors (Lipinski definition) is 3. The number of carbonyl (C=O) groups excluding carboxylic acids is 1. The summed E-state index contributed by atoms with van der Waals surface area (Å²) in [5.74, 6) is 0.103. The van der Waals surface area contributed by atoms with Gasteiger partial charge in [-0.05, 0) is 43.4 Å². The third kappa shape index (κ3) is 3.79. The summed E-state index contributed by atoms with van der Waals surface area (Å²) in [5, 5.41) is 3.21. The number of hydrogen-bond donors (Lipinski definition) is 2. The van der Waals surface area contributed by atoms with Crippen molar-refractivity contribution >= 4 is 34.2 Å². The summed E-state index contributed by atoms with van der Waals surface area (Å²) >= 11 is 3.49. The normalized spacial score (nSPS) is 21.2. The van der Waals surface area contributed by atoms with Crippen LogP contribution in [0.4, 0.5) is 0 Å². The van der Waals surface area contributed by atoms with Crippen molar-refractivity contribution in [1.82, 2.24) is 5.32 Å². The third-order valence-corrected chi connectivity index (χ3v) is 6.21. The topological polar surface area (TPSA) is 64.4 Å². The molecule has 1 amide bonds. The van der Waals surface area contributed by atoms with Crippen molar-refractivity contribution in [1.29, 1.82) is 0 Å². The molecule has 6 heteroatoms. The van der Waals surface area contributed by atoms with Gasteiger partial charge < -0.3 is 15.8 Å². The van der Waals surface area contributed by atoms with Crippen LogP contribution in [0.25, 0.3) is 0 Å². The lowest BCUT2D eigenvalue weighted by molar-refractivity contribution is -0.136. The van der Waals surface area contributed by atoms with Crippen LogP contribution in [0.2, 0.25) is 0 Å². The van der Waals surface area contributed by atoms with Gasteiger partial charge in [-0.15, -0.1) is 12.4 Å². The van der Waals surface area contributed by atoms with Gasteiger partial charge >= 0.3 is 0 Å². The number of carbonyl (C=O) groups is 1. The fourth-order valence-electron chi connectivity index (χ4n) is 3.70. The molecule has 1 saturated carbocycles. The second-order valence-electron chi connectivity index (χ2n) is 6.92. The predicted octanol–water partition coefficient (Wildman–Crippen LogP) is 3.16. The summed E-state index contributed by atoms with van der Waals surface area (Å²) in [6.07, 6.45) is 4.93. The number of nitrogens with one attached hydrogen (secondary N) is 1. The van der Waals surface area contributed by atoms with Gasteiger partial charge in [0.2, 0.25) is 5.91 Å². The zero-order valence-electron chi connectivity index (χ0n) is 13.9. The van der Waals surface area contributed by atoms with Gasteiger partial charge in [-0.1, -0.05) is 34.5 Å². The highest BCUT2D eigenvalue weighted by Gasteiger charge is 2.42. The Morgan fingerprint density at radius 2 is 1.79 bits per heavy atom. The first kappa shape index (κ1) is 19.7. The number of benzene rings is 1. The zero-order valence-corrected chi connectivity index (χ0v) is 16.3. The van der Waals surface area contributed by atoms with E-state index in [9.17, 15) is 4.79 Å². The fourth-order valence-corrected chi connectivity index (χ4v) is 3.96. The molecule has 1 aromatic carbocycles. The van der Waals surface area contributed by atoms with Crippen LogP contribution >= 0.6 is 28.3 Å². The van der Waals surface area contributed by atoms with Crippen molar-refractivity contribution < 1.29 is 9.53 Å². The molecule has 1 aromatic rings. The molecule has 2 fully saturated rings. The van der Waals surface area contributed by atoms with Gasteiger partial charge in [0.15, 0.2) is 0 Å². The molecule has 1 saturated heterocycles. The summed E-state index contributed by atoms with van der Waals surface area (Å²) in [6, 6.07) is 8.50. The Hall–Kier alpha value is -0.620. The minimum Gasteiger partial charge on any atom is -0.381 e. The zero-order chi connectivity index (χ0) is 16.3. The number of ether oxygens (including phenoxy) is 1. The Bertz CT molecular complexity index is 555. The van der Waals surface area contributed by atoms with E-state index in [0.717, 1.165) is 30.2 Å². The Labute approximate surface area is 158 Å². The van der Waals surface area contributed by atoms with E-state index in [0.29, 0.717) is 26.3 Å². The highest BCUT2D eigenvalue weighted by atomic mass is 79.9. The molecule has 0 aromatic heterocycles. The lowest BCUT2D eigenvalue weighted by atomic mass is 9.64. The van der Waals surface area contributed by atoms with Crippen LogP contribution in [-0.2, 0) is 14.9 Å². The van der Waals surface area contributed by atoms with Gasteiger partial charge in [0.25, 0.3) is 0 Å². The van der Waals surface area contributed by atoms with Gasteiger partial charge in [-0.2, -0.15) is 0 Å². The largest absolute Gasteiger partial charge is 0.381 e. The quantitative estimate of drug-likeness (QED) is 0.773. The van der Waals surface area contributed by atoms with E-state index in [1.54, 1.807) is 0 Å². The van der Waals surface area contributed by atoms with Crippen molar-refractivity contribution in [3.05, 3.63) is 34.3 Å². The summed E-state index contributed by atoms with van der Waals surface area (Å²) in [4.78, 5) is 12.8. The maximum absolute atomic E-state index is 12.8. The second-order valence-corrected chi connectivity index (χ2v) is 7.84. The summed E-state index contributed by atoms with van der Waals surface area (Å²) < 4.78 is 6.48. The molecule has 0 spiro atoms. The first-order valence-corrected chi connectivity index (χ1v) is 9.22. The number of halogens is 2. The Kier molecular flexibility index (Phi) is 6.71. The first-order chi connectivity index (χ1) is 11.1. The Morgan fingerprint density at radius 3 is 2.29 bits per heavy atom. The van der Waals surface area contributed by atoms with Crippen molar-refractivity contribution in [3.8, 4) is 0 Å². The maximum Gasteiger partial charge on any atom is 0.227 e. The van der Waals surface area contributed by atoms with Gasteiger partial charge in [-0.25, -0.2) is 0 Å². The summed E-state index contributed by atoms with van der Waals surface area (Å²) in [7, 11) is 0. The van der Waals surface area contributed by atoms with Crippen molar-refractivity contribution in [2.45, 2.75) is 37.5 Å². The van der Waals surface area contributed by atoms with Gasteiger partial charge in [0, 0.05) is 36.2 Å². The molecule has 0 radical (unpaired) electrons. The van der Waals surface area contributed by atoms with E-state index in [4.69, 9.17) is 10.5 Å². The molecular weight excluding hydrogens is 392 g/mol. The van der Waals surface area contributed by atoms with Crippen LogP contribution in [0.3, 0.4) is 0 Å². The van der Waals surface area contributed by atoms with Crippen LogP contribution in [0.1, 0.15) is 37.7 Å². The molecule has 3 N–H and O–H groups in total. The van der Waals surface area contributed by atoms with Crippen LogP contribution in [0.5, 0.6) is 0 Å². The molecule has 1 aliphatic heterocycles. The van der Waals surface area contributed by atoms with Gasteiger partial charge in [-0.3, -0.25) is 4.79 Å². The number of rotatable bonds is 5. The average Bonchev–Trinajstić information content (AvgIpc) is 2.55. The lowest BCUT2D eigenvalue weighted by Gasteiger charge is -2.44. The molecule has 0 unspecified atom stereocenters. The third-order valence-electron chi connectivity index (χ3n) is 5.68. The molecule has 134 valence electrons. The van der Waals surface area contributed by atoms with Crippen molar-refractivity contribution in [3.63, 3.8) is 0 Å². The average molecular weight is 418 g/mol. The molecule has 2 aliphatic rings. The smallest absolute Gasteiger partial charge is 0.227 e.